The molecule has 0 radical (unpaired) electrons. The van der Waals surface area contributed by atoms with E-state index in [1.807, 2.05) is 12.1 Å². The van der Waals surface area contributed by atoms with Gasteiger partial charge in [-0.15, -0.1) is 0 Å². The summed E-state index contributed by atoms with van der Waals surface area (Å²) in [5, 5.41) is 12.1. The van der Waals surface area contributed by atoms with Gasteiger partial charge in [0.25, 0.3) is 0 Å². The SMILES string of the molecule is CC1(C)C2=CC(=[N+]3CCC3)C=CC2=C(c2ccccc2C(=O)[O-])c2ccc(N3CCC3)cc21.O=C=O. The molecule has 6 nitrogen and oxygen atoms in total. The normalized spacial score (nSPS) is 19.1. The lowest BCUT2D eigenvalue weighted by Gasteiger charge is -2.41. The summed E-state index contributed by atoms with van der Waals surface area (Å²) < 4.78 is 2.41. The minimum Gasteiger partial charge on any atom is -0.545 e. The van der Waals surface area contributed by atoms with Gasteiger partial charge in [-0.2, -0.15) is 9.59 Å². The van der Waals surface area contributed by atoms with E-state index in [2.05, 4.69) is 59.8 Å². The minimum absolute atomic E-state index is 0.202. The van der Waals surface area contributed by atoms with E-state index in [1.54, 1.807) is 12.1 Å². The molecular formula is C30H28N2O4. The van der Waals surface area contributed by atoms with Crippen LogP contribution >= 0.6 is 0 Å². The van der Waals surface area contributed by atoms with Crippen molar-refractivity contribution in [1.82, 2.24) is 0 Å². The maximum Gasteiger partial charge on any atom is 0.373 e. The van der Waals surface area contributed by atoms with E-state index in [1.165, 1.54) is 35.4 Å². The lowest BCUT2D eigenvalue weighted by molar-refractivity contribution is -0.582. The van der Waals surface area contributed by atoms with Gasteiger partial charge in [0.1, 0.15) is 13.1 Å². The monoisotopic (exact) mass is 480 g/mol. The molecule has 6 heteroatoms. The van der Waals surface area contributed by atoms with E-state index in [-0.39, 0.29) is 17.1 Å². The van der Waals surface area contributed by atoms with Gasteiger partial charge in [0.15, 0.2) is 5.71 Å². The number of benzene rings is 2. The molecule has 0 amide bonds. The van der Waals surface area contributed by atoms with Crippen molar-refractivity contribution in [3.05, 3.63) is 94.1 Å². The first-order chi connectivity index (χ1) is 17.4. The zero-order chi connectivity index (χ0) is 25.4. The molecule has 0 spiro atoms. The van der Waals surface area contributed by atoms with Crippen LogP contribution in [0.1, 0.15) is 53.7 Å². The van der Waals surface area contributed by atoms with Gasteiger partial charge in [-0.25, -0.2) is 4.58 Å². The number of fused-ring (bicyclic) bond motifs is 2. The molecule has 4 aliphatic rings. The van der Waals surface area contributed by atoms with Crippen LogP contribution in [0.15, 0.2) is 71.8 Å². The fourth-order valence-electron chi connectivity index (χ4n) is 5.54. The van der Waals surface area contributed by atoms with Crippen molar-refractivity contribution < 1.29 is 24.1 Å². The first-order valence-electron chi connectivity index (χ1n) is 12.3. The Labute approximate surface area is 210 Å². The molecule has 2 aromatic rings. The molecule has 6 rings (SSSR count). The highest BCUT2D eigenvalue weighted by Gasteiger charge is 2.40. The third-order valence-electron chi connectivity index (χ3n) is 7.75. The Morgan fingerprint density at radius 2 is 1.72 bits per heavy atom. The largest absolute Gasteiger partial charge is 0.545 e. The lowest BCUT2D eigenvalue weighted by atomic mass is 9.64. The van der Waals surface area contributed by atoms with E-state index in [0.717, 1.165) is 48.5 Å². The zero-order valence-corrected chi connectivity index (χ0v) is 20.5. The first-order valence-corrected chi connectivity index (χ1v) is 12.3. The van der Waals surface area contributed by atoms with E-state index in [4.69, 9.17) is 9.59 Å². The van der Waals surface area contributed by atoms with Gasteiger partial charge in [0.05, 0.1) is 12.4 Å². The molecule has 2 saturated heterocycles. The van der Waals surface area contributed by atoms with Crippen molar-refractivity contribution in [3.63, 3.8) is 0 Å². The van der Waals surface area contributed by atoms with Gasteiger partial charge in [-0.3, -0.25) is 0 Å². The smallest absolute Gasteiger partial charge is 0.373 e. The second-order valence-corrected chi connectivity index (χ2v) is 10.1. The number of nitrogens with zero attached hydrogens (tertiary/aromatic N) is 2. The molecule has 2 aliphatic carbocycles. The van der Waals surface area contributed by atoms with Gasteiger partial charge in [-0.1, -0.05) is 44.2 Å². The molecule has 2 aliphatic heterocycles. The van der Waals surface area contributed by atoms with Crippen LogP contribution in [0.2, 0.25) is 0 Å². The average Bonchev–Trinajstić information content (AvgIpc) is 2.78. The van der Waals surface area contributed by atoms with E-state index in [0.29, 0.717) is 0 Å². The van der Waals surface area contributed by atoms with Crippen molar-refractivity contribution in [3.8, 4) is 0 Å². The molecule has 36 heavy (non-hydrogen) atoms. The molecule has 0 atom stereocenters. The second-order valence-electron chi connectivity index (χ2n) is 10.1. The minimum atomic E-state index is -1.14. The predicted octanol–water partition coefficient (Wildman–Crippen LogP) is 3.12. The number of hydrogen-bond acceptors (Lipinski definition) is 5. The van der Waals surface area contributed by atoms with Crippen LogP contribution in [0.3, 0.4) is 0 Å². The zero-order valence-electron chi connectivity index (χ0n) is 20.5. The van der Waals surface area contributed by atoms with E-state index in [9.17, 15) is 9.90 Å². The fourth-order valence-corrected chi connectivity index (χ4v) is 5.54. The maximum absolute atomic E-state index is 12.1. The van der Waals surface area contributed by atoms with Crippen molar-refractivity contribution in [2.45, 2.75) is 32.1 Å². The summed E-state index contributed by atoms with van der Waals surface area (Å²) in [5.74, 6) is -1.14. The molecule has 2 heterocycles. The summed E-state index contributed by atoms with van der Waals surface area (Å²) in [5.41, 5.74) is 8.99. The molecule has 2 aromatic carbocycles. The average molecular weight is 481 g/mol. The quantitative estimate of drug-likeness (QED) is 0.631. The molecule has 182 valence electrons. The van der Waals surface area contributed by atoms with Crippen LogP contribution in [0, 0.1) is 0 Å². The number of carbonyl (C=O) groups excluding carboxylic acids is 3. The first kappa shape index (κ1) is 23.7. The number of anilines is 1. The highest BCUT2D eigenvalue weighted by Crippen LogP contribution is 2.51. The van der Waals surface area contributed by atoms with Crippen molar-refractivity contribution in [2.75, 3.05) is 31.1 Å². The number of hydrogen-bond donors (Lipinski definition) is 0. The fraction of sp³-hybridized carbons (Fsp3) is 0.300. The Morgan fingerprint density at radius 3 is 2.33 bits per heavy atom. The van der Waals surface area contributed by atoms with Crippen LogP contribution in [-0.4, -0.2) is 48.6 Å². The maximum atomic E-state index is 12.1. The molecule has 0 aromatic heterocycles. The van der Waals surface area contributed by atoms with Gasteiger partial charge in [0.2, 0.25) is 0 Å². The summed E-state index contributed by atoms with van der Waals surface area (Å²) in [6.07, 6.45) is 9.43. The van der Waals surface area contributed by atoms with Crippen LogP contribution in [0.5, 0.6) is 0 Å². The van der Waals surface area contributed by atoms with Gasteiger partial charge in [-0.05, 0) is 58.0 Å². The Morgan fingerprint density at radius 1 is 1.00 bits per heavy atom. The third-order valence-corrected chi connectivity index (χ3v) is 7.75. The van der Waals surface area contributed by atoms with E-state index < -0.39 is 5.97 Å². The number of aromatic carboxylic acids is 1. The number of carboxylic acids is 1. The standard InChI is InChI=1S/C29H28N2O2.CO2/c1-29(2)25-17-19(30-13-5-14-30)9-11-23(25)27(21-7-3-4-8-22(21)28(32)33)24-12-10-20(18-26(24)29)31-15-6-16-31;2-1-3/h3-4,7-12,17-18H,5-6,13-16H2,1-2H3;. The number of allylic oxidation sites excluding steroid dienone is 5. The molecule has 0 saturated carbocycles. The van der Waals surface area contributed by atoms with Crippen LogP contribution in [0.4, 0.5) is 5.69 Å². The van der Waals surface area contributed by atoms with Gasteiger partial charge in [0, 0.05) is 41.9 Å². The lowest BCUT2D eigenvalue weighted by Crippen LogP contribution is -2.38. The predicted molar refractivity (Wildman–Crippen MR) is 135 cm³/mol. The van der Waals surface area contributed by atoms with Crippen LogP contribution in [-0.2, 0) is 15.0 Å². The molecule has 2 fully saturated rings. The number of rotatable bonds is 3. The molecule has 0 N–H and O–H groups in total. The topological polar surface area (TPSA) is 80.5 Å². The molecule has 0 bridgehead atoms. The molecule has 0 unspecified atom stereocenters. The van der Waals surface area contributed by atoms with E-state index >= 15 is 0 Å². The number of carboxylic acid groups (broad SMARTS) is 1. The van der Waals surface area contributed by atoms with Crippen molar-refractivity contribution >= 4 is 29.1 Å². The van der Waals surface area contributed by atoms with Crippen LogP contribution in [0.25, 0.3) is 5.57 Å². The third kappa shape index (κ3) is 3.84. The Balaban J connectivity index is 0.000000848. The summed E-state index contributed by atoms with van der Waals surface area (Å²) in [6, 6.07) is 14.0. The summed E-state index contributed by atoms with van der Waals surface area (Å²) in [7, 11) is 0. The summed E-state index contributed by atoms with van der Waals surface area (Å²) >= 11 is 0. The van der Waals surface area contributed by atoms with Gasteiger partial charge < -0.3 is 14.8 Å². The number of carbonyl (C=O) groups is 1. The highest BCUT2D eigenvalue weighted by atomic mass is 16.4. The van der Waals surface area contributed by atoms with Crippen molar-refractivity contribution in [2.24, 2.45) is 0 Å². The summed E-state index contributed by atoms with van der Waals surface area (Å²) in [6.45, 7) is 8.98. The Hall–Kier alpha value is -4.02. The van der Waals surface area contributed by atoms with Gasteiger partial charge >= 0.3 is 6.15 Å². The second kappa shape index (κ2) is 9.21. The highest BCUT2D eigenvalue weighted by molar-refractivity contribution is 6.08. The molecular weight excluding hydrogens is 452 g/mol. The van der Waals surface area contributed by atoms with Crippen LogP contribution < -0.4 is 10.0 Å². The summed E-state index contributed by atoms with van der Waals surface area (Å²) in [4.78, 5) is 30.7. The van der Waals surface area contributed by atoms with Crippen molar-refractivity contribution in [1.29, 1.82) is 0 Å². The Kier molecular flexibility index (Phi) is 6.07. The Bertz CT molecular complexity index is 1410.